The fourth-order valence-corrected chi connectivity index (χ4v) is 3.73. The summed E-state index contributed by atoms with van der Waals surface area (Å²) >= 11 is 0. The number of methoxy groups -OCH3 is 1. The van der Waals surface area contributed by atoms with E-state index in [2.05, 4.69) is 10.4 Å². The van der Waals surface area contributed by atoms with Crippen molar-refractivity contribution < 1.29 is 14.3 Å². The van der Waals surface area contributed by atoms with Crippen molar-refractivity contribution in [3.63, 3.8) is 0 Å². The molecule has 0 spiro atoms. The van der Waals surface area contributed by atoms with Crippen LogP contribution in [-0.2, 0) is 17.6 Å². The summed E-state index contributed by atoms with van der Waals surface area (Å²) < 4.78 is 6.98. The summed E-state index contributed by atoms with van der Waals surface area (Å²) in [7, 11) is 3.21. The number of aromatic nitrogens is 2. The van der Waals surface area contributed by atoms with Gasteiger partial charge in [-0.2, -0.15) is 5.10 Å². The van der Waals surface area contributed by atoms with Gasteiger partial charge >= 0.3 is 0 Å². The van der Waals surface area contributed by atoms with Crippen molar-refractivity contribution in [2.45, 2.75) is 19.3 Å². The van der Waals surface area contributed by atoms with Crippen LogP contribution in [0.4, 0.5) is 5.69 Å². The topological polar surface area (TPSA) is 76.5 Å². The number of anilines is 1. The number of ether oxygens (including phenoxy) is 1. The van der Waals surface area contributed by atoms with Gasteiger partial charge in [-0.3, -0.25) is 9.59 Å². The standard InChI is InChI=1S/C23H24N4O3/c1-26(15-21(28)24-16-11-13-18(30-2)14-12-16)23(29)22-19-9-6-10-20(19)27(25-22)17-7-4-3-5-8-17/h3-5,7-8,11-14H,6,9-10,15H2,1-2H3,(H,24,28). The number of likely N-dealkylation sites (N-methyl/N-ethyl adjacent to an activating group) is 1. The normalized spacial score (nSPS) is 12.3. The third-order valence-electron chi connectivity index (χ3n) is 5.23. The summed E-state index contributed by atoms with van der Waals surface area (Å²) in [6, 6.07) is 16.9. The van der Waals surface area contributed by atoms with Gasteiger partial charge in [0, 0.05) is 24.0 Å². The molecule has 1 heterocycles. The molecule has 4 rings (SSSR count). The summed E-state index contributed by atoms with van der Waals surface area (Å²) in [6.07, 6.45) is 2.73. The van der Waals surface area contributed by atoms with E-state index in [0.29, 0.717) is 17.1 Å². The number of nitrogens with zero attached hydrogens (tertiary/aromatic N) is 3. The molecular weight excluding hydrogens is 380 g/mol. The second kappa shape index (κ2) is 8.41. The van der Waals surface area contributed by atoms with Crippen LogP contribution in [0.3, 0.4) is 0 Å². The molecule has 1 aliphatic rings. The quantitative estimate of drug-likeness (QED) is 0.685. The van der Waals surface area contributed by atoms with Crippen molar-refractivity contribution in [3.05, 3.63) is 71.5 Å². The Morgan fingerprint density at radius 3 is 2.53 bits per heavy atom. The first-order chi connectivity index (χ1) is 14.6. The highest BCUT2D eigenvalue weighted by molar-refractivity contribution is 5.99. The van der Waals surface area contributed by atoms with E-state index in [4.69, 9.17) is 4.74 Å². The van der Waals surface area contributed by atoms with Gasteiger partial charge < -0.3 is 15.0 Å². The lowest BCUT2D eigenvalue weighted by molar-refractivity contribution is -0.116. The van der Waals surface area contributed by atoms with Crippen molar-refractivity contribution in [2.75, 3.05) is 26.0 Å². The van der Waals surface area contributed by atoms with Crippen LogP contribution in [0.5, 0.6) is 5.75 Å². The summed E-state index contributed by atoms with van der Waals surface area (Å²) in [4.78, 5) is 26.9. The van der Waals surface area contributed by atoms with E-state index < -0.39 is 0 Å². The number of nitrogens with one attached hydrogen (secondary N) is 1. The number of benzene rings is 2. The molecule has 0 unspecified atom stereocenters. The van der Waals surface area contributed by atoms with Gasteiger partial charge in [-0.05, 0) is 55.7 Å². The first-order valence-electron chi connectivity index (χ1n) is 9.92. The second-order valence-corrected chi connectivity index (χ2v) is 7.31. The molecular formula is C23H24N4O3. The van der Waals surface area contributed by atoms with Gasteiger partial charge in [0.25, 0.3) is 5.91 Å². The Labute approximate surface area is 175 Å². The highest BCUT2D eigenvalue weighted by atomic mass is 16.5. The van der Waals surface area contributed by atoms with Gasteiger partial charge in [0.15, 0.2) is 5.69 Å². The van der Waals surface area contributed by atoms with Crippen LogP contribution in [0, 0.1) is 0 Å². The van der Waals surface area contributed by atoms with E-state index in [0.717, 1.165) is 36.2 Å². The average molecular weight is 404 g/mol. The molecule has 1 N–H and O–H groups in total. The Morgan fingerprint density at radius 1 is 1.10 bits per heavy atom. The zero-order valence-electron chi connectivity index (χ0n) is 17.1. The zero-order valence-corrected chi connectivity index (χ0v) is 17.1. The highest BCUT2D eigenvalue weighted by Gasteiger charge is 2.29. The monoisotopic (exact) mass is 404 g/mol. The lowest BCUT2D eigenvalue weighted by atomic mass is 10.2. The minimum Gasteiger partial charge on any atom is -0.497 e. The van der Waals surface area contributed by atoms with E-state index in [-0.39, 0.29) is 18.4 Å². The molecule has 0 atom stereocenters. The van der Waals surface area contributed by atoms with Crippen LogP contribution in [0.1, 0.15) is 28.2 Å². The number of fused-ring (bicyclic) bond motifs is 1. The lowest BCUT2D eigenvalue weighted by Crippen LogP contribution is -2.35. The average Bonchev–Trinajstić information content (AvgIpc) is 3.37. The van der Waals surface area contributed by atoms with E-state index in [1.165, 1.54) is 4.90 Å². The number of carbonyl (C=O) groups excluding carboxylic acids is 2. The number of para-hydroxylation sites is 1. The number of carbonyl (C=O) groups is 2. The van der Waals surface area contributed by atoms with Crippen LogP contribution in [0.2, 0.25) is 0 Å². The molecule has 1 aromatic heterocycles. The summed E-state index contributed by atoms with van der Waals surface area (Å²) in [5.74, 6) is 0.200. The summed E-state index contributed by atoms with van der Waals surface area (Å²) in [5, 5.41) is 7.41. The fraction of sp³-hybridized carbons (Fsp3) is 0.261. The molecule has 30 heavy (non-hydrogen) atoms. The van der Waals surface area contributed by atoms with Gasteiger partial charge in [0.1, 0.15) is 5.75 Å². The predicted octanol–water partition coefficient (Wildman–Crippen LogP) is 3.08. The molecule has 2 amide bonds. The van der Waals surface area contributed by atoms with E-state index in [1.807, 2.05) is 35.0 Å². The molecule has 154 valence electrons. The van der Waals surface area contributed by atoms with Crippen molar-refractivity contribution in [1.82, 2.24) is 14.7 Å². The largest absolute Gasteiger partial charge is 0.497 e. The Bertz CT molecular complexity index is 1060. The Balaban J connectivity index is 1.48. The molecule has 0 saturated carbocycles. The Kier molecular flexibility index (Phi) is 5.52. The maximum Gasteiger partial charge on any atom is 0.274 e. The van der Waals surface area contributed by atoms with Gasteiger partial charge in [-0.1, -0.05) is 18.2 Å². The highest BCUT2D eigenvalue weighted by Crippen LogP contribution is 2.28. The van der Waals surface area contributed by atoms with E-state index >= 15 is 0 Å². The molecule has 0 fully saturated rings. The number of hydrogen-bond acceptors (Lipinski definition) is 4. The van der Waals surface area contributed by atoms with Crippen molar-refractivity contribution >= 4 is 17.5 Å². The molecule has 1 aliphatic carbocycles. The van der Waals surface area contributed by atoms with E-state index in [9.17, 15) is 9.59 Å². The van der Waals surface area contributed by atoms with Crippen molar-refractivity contribution in [2.24, 2.45) is 0 Å². The molecule has 0 radical (unpaired) electrons. The van der Waals surface area contributed by atoms with E-state index in [1.54, 1.807) is 38.4 Å². The SMILES string of the molecule is COc1ccc(NC(=O)CN(C)C(=O)c2nn(-c3ccccc3)c3c2CCC3)cc1. The maximum absolute atomic E-state index is 13.1. The molecule has 0 bridgehead atoms. The van der Waals surface area contributed by atoms with Crippen LogP contribution in [-0.4, -0.2) is 47.2 Å². The number of hydrogen-bond donors (Lipinski definition) is 1. The van der Waals surface area contributed by atoms with Gasteiger partial charge in [-0.25, -0.2) is 4.68 Å². The van der Waals surface area contributed by atoms with Crippen molar-refractivity contribution in [3.8, 4) is 11.4 Å². The third kappa shape index (κ3) is 3.91. The molecule has 0 saturated heterocycles. The van der Waals surface area contributed by atoms with Gasteiger partial charge in [0.2, 0.25) is 5.91 Å². The molecule has 2 aromatic carbocycles. The van der Waals surface area contributed by atoms with Crippen LogP contribution in [0.25, 0.3) is 5.69 Å². The first kappa shape index (κ1) is 19.7. The molecule has 3 aromatic rings. The summed E-state index contributed by atoms with van der Waals surface area (Å²) in [6.45, 7) is -0.0577. The Hall–Kier alpha value is -3.61. The second-order valence-electron chi connectivity index (χ2n) is 7.31. The lowest BCUT2D eigenvalue weighted by Gasteiger charge is -2.16. The number of rotatable bonds is 6. The predicted molar refractivity (Wildman–Crippen MR) is 114 cm³/mol. The fourth-order valence-electron chi connectivity index (χ4n) is 3.73. The van der Waals surface area contributed by atoms with Crippen LogP contribution in [0.15, 0.2) is 54.6 Å². The van der Waals surface area contributed by atoms with Gasteiger partial charge in [-0.15, -0.1) is 0 Å². The molecule has 0 aliphatic heterocycles. The number of amides is 2. The van der Waals surface area contributed by atoms with Crippen molar-refractivity contribution in [1.29, 1.82) is 0 Å². The first-order valence-corrected chi connectivity index (χ1v) is 9.92. The molecule has 7 nitrogen and oxygen atoms in total. The maximum atomic E-state index is 13.1. The smallest absolute Gasteiger partial charge is 0.274 e. The minimum atomic E-state index is -0.268. The Morgan fingerprint density at radius 2 is 1.83 bits per heavy atom. The van der Waals surface area contributed by atoms with Crippen LogP contribution >= 0.6 is 0 Å². The van der Waals surface area contributed by atoms with Gasteiger partial charge in [0.05, 0.1) is 19.3 Å². The summed E-state index contributed by atoms with van der Waals surface area (Å²) in [5.41, 5.74) is 4.10. The minimum absolute atomic E-state index is 0.0577. The third-order valence-corrected chi connectivity index (χ3v) is 5.23. The zero-order chi connectivity index (χ0) is 21.1. The molecule has 7 heteroatoms. The van der Waals surface area contributed by atoms with Crippen LogP contribution < -0.4 is 10.1 Å².